The highest BCUT2D eigenvalue weighted by Gasteiger charge is 2.06. The molecule has 0 aliphatic rings. The van der Waals surface area contributed by atoms with Crippen LogP contribution in [0.5, 0.6) is 23.0 Å². The fourth-order valence-corrected chi connectivity index (χ4v) is 3.18. The number of carbonyl (C=O) groups excluding carboxylic acids is 2. The van der Waals surface area contributed by atoms with Crippen LogP contribution in [0.2, 0.25) is 0 Å². The standard InChI is InChI=1S/2C14H20O3/c2*1-3-4-5-6-9-17-13-8-7-12(11-15)10-14(13)16-2/h2*7-8,10-11H,3-6,9H2,1-2H3. The van der Waals surface area contributed by atoms with E-state index in [1.165, 1.54) is 38.5 Å². The molecule has 0 heterocycles. The smallest absolute Gasteiger partial charge is 0.161 e. The van der Waals surface area contributed by atoms with Gasteiger partial charge < -0.3 is 18.9 Å². The summed E-state index contributed by atoms with van der Waals surface area (Å²) in [4.78, 5) is 21.2. The lowest BCUT2D eigenvalue weighted by Crippen LogP contribution is -1.99. The van der Waals surface area contributed by atoms with Gasteiger partial charge in [0.15, 0.2) is 23.0 Å². The molecule has 0 spiro atoms. The Bertz CT molecular complexity index is 764. The summed E-state index contributed by atoms with van der Waals surface area (Å²) >= 11 is 0. The van der Waals surface area contributed by atoms with Crippen molar-refractivity contribution in [1.29, 1.82) is 0 Å². The fraction of sp³-hybridized carbons (Fsp3) is 0.500. The molecule has 0 fully saturated rings. The summed E-state index contributed by atoms with van der Waals surface area (Å²) < 4.78 is 21.6. The SMILES string of the molecule is CCCCCCOc1ccc(C=O)cc1OC.CCCCCCOc1ccc(C=O)cc1OC. The molecule has 0 N–H and O–H groups in total. The third kappa shape index (κ3) is 11.2. The van der Waals surface area contributed by atoms with E-state index in [1.807, 2.05) is 0 Å². The van der Waals surface area contributed by atoms with Gasteiger partial charge >= 0.3 is 0 Å². The minimum absolute atomic E-state index is 0.597. The van der Waals surface area contributed by atoms with Gasteiger partial charge in [-0.2, -0.15) is 0 Å². The quantitative estimate of drug-likeness (QED) is 0.195. The van der Waals surface area contributed by atoms with E-state index >= 15 is 0 Å². The zero-order valence-corrected chi connectivity index (χ0v) is 21.1. The van der Waals surface area contributed by atoms with Crippen LogP contribution < -0.4 is 18.9 Å². The maximum atomic E-state index is 10.6. The number of carbonyl (C=O) groups is 2. The van der Waals surface area contributed by atoms with Gasteiger partial charge in [0, 0.05) is 11.1 Å². The Hall–Kier alpha value is -3.02. The summed E-state index contributed by atoms with van der Waals surface area (Å²) in [6.07, 6.45) is 11.0. The summed E-state index contributed by atoms with van der Waals surface area (Å²) in [7, 11) is 3.15. The Morgan fingerprint density at radius 2 is 1.00 bits per heavy atom. The topological polar surface area (TPSA) is 71.1 Å². The van der Waals surface area contributed by atoms with Crippen LogP contribution in [-0.2, 0) is 0 Å². The van der Waals surface area contributed by atoms with Gasteiger partial charge in [-0.05, 0) is 49.2 Å². The third-order valence-electron chi connectivity index (χ3n) is 5.16. The van der Waals surface area contributed by atoms with Crippen molar-refractivity contribution in [2.24, 2.45) is 0 Å². The van der Waals surface area contributed by atoms with Gasteiger partial charge in [0.2, 0.25) is 0 Å². The van der Waals surface area contributed by atoms with Crippen molar-refractivity contribution >= 4 is 12.6 Å². The van der Waals surface area contributed by atoms with Crippen LogP contribution >= 0.6 is 0 Å². The molecule has 6 nitrogen and oxygen atoms in total. The minimum Gasteiger partial charge on any atom is -0.493 e. The Morgan fingerprint density at radius 1 is 0.588 bits per heavy atom. The third-order valence-corrected chi connectivity index (χ3v) is 5.16. The van der Waals surface area contributed by atoms with Gasteiger partial charge in [0.1, 0.15) is 12.6 Å². The van der Waals surface area contributed by atoms with E-state index in [2.05, 4.69) is 13.8 Å². The van der Waals surface area contributed by atoms with Crippen LogP contribution in [0.25, 0.3) is 0 Å². The maximum Gasteiger partial charge on any atom is 0.161 e. The minimum atomic E-state index is 0.597. The molecule has 0 radical (unpaired) electrons. The van der Waals surface area contributed by atoms with Gasteiger partial charge in [0.05, 0.1) is 27.4 Å². The first kappa shape index (κ1) is 29.0. The number of rotatable bonds is 16. The molecular formula is C28H40O6. The van der Waals surface area contributed by atoms with Crippen LogP contribution in [0.15, 0.2) is 36.4 Å². The van der Waals surface area contributed by atoms with E-state index in [-0.39, 0.29) is 0 Å². The second-order valence-electron chi connectivity index (χ2n) is 7.87. The van der Waals surface area contributed by atoms with E-state index in [1.54, 1.807) is 50.6 Å². The molecule has 0 bridgehead atoms. The van der Waals surface area contributed by atoms with Crippen LogP contribution in [0.4, 0.5) is 0 Å². The fourth-order valence-electron chi connectivity index (χ4n) is 3.18. The van der Waals surface area contributed by atoms with Crippen LogP contribution in [0.3, 0.4) is 0 Å². The molecule has 6 heteroatoms. The van der Waals surface area contributed by atoms with E-state index < -0.39 is 0 Å². The number of aldehydes is 2. The molecule has 34 heavy (non-hydrogen) atoms. The highest BCUT2D eigenvalue weighted by Crippen LogP contribution is 2.28. The Balaban J connectivity index is 0.000000340. The van der Waals surface area contributed by atoms with Crippen molar-refractivity contribution < 1.29 is 28.5 Å². The normalized spacial score (nSPS) is 10.0. The summed E-state index contributed by atoms with van der Waals surface area (Å²) in [6, 6.07) is 10.4. The molecule has 0 saturated carbocycles. The molecule has 0 atom stereocenters. The molecule has 0 amide bonds. The first-order valence-electron chi connectivity index (χ1n) is 12.1. The molecule has 2 rings (SSSR count). The Kier molecular flexibility index (Phi) is 15.7. The Labute approximate surface area is 204 Å². The molecule has 188 valence electrons. The predicted molar refractivity (Wildman–Crippen MR) is 136 cm³/mol. The summed E-state index contributed by atoms with van der Waals surface area (Å²) in [5.41, 5.74) is 1.19. The van der Waals surface area contributed by atoms with Crippen LogP contribution in [0.1, 0.15) is 85.9 Å². The number of unbranched alkanes of at least 4 members (excludes halogenated alkanes) is 6. The number of hydrogen-bond acceptors (Lipinski definition) is 6. The summed E-state index contributed by atoms with van der Waals surface area (Å²) in [6.45, 7) is 5.75. The second-order valence-corrected chi connectivity index (χ2v) is 7.87. The lowest BCUT2D eigenvalue weighted by molar-refractivity contribution is 0.111. The number of hydrogen-bond donors (Lipinski definition) is 0. The summed E-state index contributed by atoms with van der Waals surface area (Å²) in [5, 5.41) is 0. The molecule has 0 unspecified atom stereocenters. The number of methoxy groups -OCH3 is 2. The lowest BCUT2D eigenvalue weighted by Gasteiger charge is -2.10. The van der Waals surface area contributed by atoms with Crippen molar-refractivity contribution in [2.75, 3.05) is 27.4 Å². The molecule has 2 aromatic carbocycles. The van der Waals surface area contributed by atoms with Crippen molar-refractivity contribution in [1.82, 2.24) is 0 Å². The summed E-state index contributed by atoms with van der Waals surface area (Å²) in [5.74, 6) is 2.64. The average molecular weight is 473 g/mol. The van der Waals surface area contributed by atoms with E-state index in [0.717, 1.165) is 25.4 Å². The van der Waals surface area contributed by atoms with Crippen molar-refractivity contribution in [3.8, 4) is 23.0 Å². The molecule has 0 aromatic heterocycles. The van der Waals surface area contributed by atoms with Crippen molar-refractivity contribution in [3.63, 3.8) is 0 Å². The van der Waals surface area contributed by atoms with Gasteiger partial charge in [0.25, 0.3) is 0 Å². The zero-order valence-electron chi connectivity index (χ0n) is 21.1. The van der Waals surface area contributed by atoms with Crippen molar-refractivity contribution in [3.05, 3.63) is 47.5 Å². The van der Waals surface area contributed by atoms with E-state index in [9.17, 15) is 9.59 Å². The van der Waals surface area contributed by atoms with E-state index in [4.69, 9.17) is 18.9 Å². The molecule has 2 aromatic rings. The van der Waals surface area contributed by atoms with Gasteiger partial charge in [-0.25, -0.2) is 0 Å². The molecule has 0 aliphatic carbocycles. The highest BCUT2D eigenvalue weighted by molar-refractivity contribution is 5.76. The number of benzene rings is 2. The second kappa shape index (κ2) is 18.4. The van der Waals surface area contributed by atoms with Gasteiger partial charge in [-0.1, -0.05) is 52.4 Å². The molecular weight excluding hydrogens is 432 g/mol. The first-order valence-corrected chi connectivity index (χ1v) is 12.1. The molecule has 0 saturated heterocycles. The molecule has 0 aliphatic heterocycles. The predicted octanol–water partition coefficient (Wildman–Crippen LogP) is 6.93. The van der Waals surface area contributed by atoms with Crippen LogP contribution in [0, 0.1) is 0 Å². The number of ether oxygens (including phenoxy) is 4. The maximum absolute atomic E-state index is 10.6. The lowest BCUT2D eigenvalue weighted by atomic mass is 10.2. The largest absolute Gasteiger partial charge is 0.493 e. The zero-order chi connectivity index (χ0) is 25.0. The monoisotopic (exact) mass is 472 g/mol. The van der Waals surface area contributed by atoms with Gasteiger partial charge in [-0.3, -0.25) is 9.59 Å². The average Bonchev–Trinajstić information content (AvgIpc) is 2.88. The van der Waals surface area contributed by atoms with Crippen molar-refractivity contribution in [2.45, 2.75) is 65.2 Å². The first-order chi connectivity index (χ1) is 16.6. The Morgan fingerprint density at radius 3 is 1.32 bits per heavy atom. The van der Waals surface area contributed by atoms with E-state index in [0.29, 0.717) is 47.3 Å². The van der Waals surface area contributed by atoms with Gasteiger partial charge in [-0.15, -0.1) is 0 Å². The highest BCUT2D eigenvalue weighted by atomic mass is 16.5. The van der Waals surface area contributed by atoms with Crippen LogP contribution in [-0.4, -0.2) is 40.0 Å².